The maximum atomic E-state index is 12.1. The van der Waals surface area contributed by atoms with Gasteiger partial charge in [-0.05, 0) is 12.3 Å². The fourth-order valence-corrected chi connectivity index (χ4v) is 1.94. The Morgan fingerprint density at radius 3 is 1.96 bits per heavy atom. The highest BCUT2D eigenvalue weighted by Gasteiger charge is 2.30. The maximum Gasteiger partial charge on any atom is 0.279 e. The third kappa shape index (κ3) is 6.54. The van der Waals surface area contributed by atoms with Crippen molar-refractivity contribution in [3.63, 3.8) is 0 Å². The third-order valence-electron chi connectivity index (χ3n) is 4.25. The number of aliphatic hydroxyl groups excluding tert-OH is 1. The Labute approximate surface area is 136 Å². The zero-order valence-electron chi connectivity index (χ0n) is 14.3. The number of quaternary nitrogens is 1. The summed E-state index contributed by atoms with van der Waals surface area (Å²) in [6, 6.07) is -2.96. The molecular formula is C15H29N3O5. The Balaban J connectivity index is 4.86. The van der Waals surface area contributed by atoms with Crippen LogP contribution in [-0.4, -0.2) is 47.6 Å². The average Bonchev–Trinajstić information content (AvgIpc) is 2.54. The lowest BCUT2D eigenvalue weighted by Gasteiger charge is -2.27. The number of rotatable bonds is 10. The van der Waals surface area contributed by atoms with E-state index in [1.165, 1.54) is 0 Å². The summed E-state index contributed by atoms with van der Waals surface area (Å²) in [6.45, 7) is 6.61. The number of carbonyl (C=O) groups is 3. The van der Waals surface area contributed by atoms with Crippen molar-refractivity contribution in [3.8, 4) is 0 Å². The Hall–Kier alpha value is -1.67. The standard InChI is InChI=1S/C15H29N3O5/c1-5-8(3)11(16)14(21)17-10(7-19)13(20)18-12(15(22)23)9(4)6-2/h8-12,19H,5-7,16H2,1-4H3,(H,17,21)(H,18,20)(H,22,23). The van der Waals surface area contributed by atoms with E-state index in [0.29, 0.717) is 6.42 Å². The molecule has 0 rings (SSSR count). The number of carbonyl (C=O) groups excluding carboxylic acids is 3. The first kappa shape index (κ1) is 21.3. The monoisotopic (exact) mass is 331 g/mol. The van der Waals surface area contributed by atoms with Crippen LogP contribution in [0.15, 0.2) is 0 Å². The molecule has 0 bridgehead atoms. The van der Waals surface area contributed by atoms with Crippen LogP contribution < -0.4 is 21.5 Å². The summed E-state index contributed by atoms with van der Waals surface area (Å²) >= 11 is 0. The van der Waals surface area contributed by atoms with Crippen LogP contribution in [0.3, 0.4) is 0 Å². The van der Waals surface area contributed by atoms with Gasteiger partial charge >= 0.3 is 0 Å². The van der Waals surface area contributed by atoms with E-state index in [1.807, 2.05) is 13.8 Å². The zero-order valence-corrected chi connectivity index (χ0v) is 14.3. The van der Waals surface area contributed by atoms with Gasteiger partial charge in [0.15, 0.2) is 6.04 Å². The van der Waals surface area contributed by atoms with Crippen molar-refractivity contribution in [1.29, 1.82) is 0 Å². The summed E-state index contributed by atoms with van der Waals surface area (Å²) in [7, 11) is 0. The van der Waals surface area contributed by atoms with Gasteiger partial charge in [-0.25, -0.2) is 0 Å². The summed E-state index contributed by atoms with van der Waals surface area (Å²) in [5.41, 5.74) is 3.76. The van der Waals surface area contributed by atoms with E-state index in [1.54, 1.807) is 13.8 Å². The van der Waals surface area contributed by atoms with Crippen LogP contribution in [0.25, 0.3) is 0 Å². The molecule has 0 aromatic carbocycles. The fraction of sp³-hybridized carbons (Fsp3) is 0.800. The van der Waals surface area contributed by atoms with Crippen molar-refractivity contribution in [2.45, 2.75) is 58.7 Å². The van der Waals surface area contributed by atoms with Crippen LogP contribution in [0.2, 0.25) is 0 Å². The number of carboxylic acid groups (broad SMARTS) is 1. The van der Waals surface area contributed by atoms with Gasteiger partial charge in [-0.3, -0.25) is 9.59 Å². The quantitative estimate of drug-likeness (QED) is 0.347. The normalized spacial score (nSPS) is 17.5. The predicted molar refractivity (Wildman–Crippen MR) is 81.5 cm³/mol. The molecule has 0 fully saturated rings. The molecule has 5 atom stereocenters. The number of aliphatic hydroxyl groups is 1. The molecule has 8 nitrogen and oxygen atoms in total. The van der Waals surface area contributed by atoms with Crippen molar-refractivity contribution < 1.29 is 30.3 Å². The topological polar surface area (TPSA) is 146 Å². The molecule has 0 spiro atoms. The Morgan fingerprint density at radius 2 is 1.57 bits per heavy atom. The van der Waals surface area contributed by atoms with Crippen molar-refractivity contribution in [2.75, 3.05) is 6.61 Å². The lowest BCUT2D eigenvalue weighted by atomic mass is 9.98. The van der Waals surface area contributed by atoms with Gasteiger partial charge in [0.2, 0.25) is 5.91 Å². The summed E-state index contributed by atoms with van der Waals surface area (Å²) in [5.74, 6) is -2.92. The number of nitrogens with one attached hydrogen (secondary N) is 2. The van der Waals surface area contributed by atoms with E-state index in [0.717, 1.165) is 6.42 Å². The lowest BCUT2D eigenvalue weighted by Crippen LogP contribution is -2.71. The molecular weight excluding hydrogens is 302 g/mol. The Kier molecular flexibility index (Phi) is 9.43. The van der Waals surface area contributed by atoms with E-state index >= 15 is 0 Å². The van der Waals surface area contributed by atoms with Crippen LogP contribution >= 0.6 is 0 Å². The first-order valence-corrected chi connectivity index (χ1v) is 7.94. The minimum Gasteiger partial charge on any atom is -0.548 e. The molecule has 23 heavy (non-hydrogen) atoms. The smallest absolute Gasteiger partial charge is 0.279 e. The highest BCUT2D eigenvalue weighted by atomic mass is 16.4. The number of hydrogen-bond acceptors (Lipinski definition) is 5. The number of carboxylic acids is 1. The highest BCUT2D eigenvalue weighted by Crippen LogP contribution is 2.08. The van der Waals surface area contributed by atoms with E-state index in [9.17, 15) is 24.6 Å². The molecule has 5 unspecified atom stereocenters. The fourth-order valence-electron chi connectivity index (χ4n) is 1.94. The summed E-state index contributed by atoms with van der Waals surface area (Å²) in [4.78, 5) is 35.3. The Bertz CT molecular complexity index is 416. The second-order valence-electron chi connectivity index (χ2n) is 5.93. The molecule has 0 aliphatic carbocycles. The van der Waals surface area contributed by atoms with Crippen molar-refractivity contribution >= 4 is 17.8 Å². The molecule has 0 saturated heterocycles. The van der Waals surface area contributed by atoms with Crippen LogP contribution in [0.5, 0.6) is 0 Å². The minimum atomic E-state index is -1.40. The van der Waals surface area contributed by atoms with Crippen LogP contribution in [0, 0.1) is 11.8 Å². The highest BCUT2D eigenvalue weighted by molar-refractivity contribution is 5.91. The Morgan fingerprint density at radius 1 is 1.04 bits per heavy atom. The van der Waals surface area contributed by atoms with Gasteiger partial charge in [-0.15, -0.1) is 0 Å². The van der Waals surface area contributed by atoms with Gasteiger partial charge in [-0.2, -0.15) is 0 Å². The molecule has 0 aliphatic rings. The molecule has 0 aliphatic heterocycles. The minimum absolute atomic E-state index is 0.0217. The number of amides is 2. The molecule has 2 amide bonds. The van der Waals surface area contributed by atoms with Crippen LogP contribution in [-0.2, 0) is 14.4 Å². The van der Waals surface area contributed by atoms with E-state index in [4.69, 9.17) is 0 Å². The molecule has 0 saturated carbocycles. The summed E-state index contributed by atoms with van der Waals surface area (Å²) < 4.78 is 0. The second-order valence-corrected chi connectivity index (χ2v) is 5.93. The van der Waals surface area contributed by atoms with Gasteiger partial charge in [0.25, 0.3) is 5.91 Å². The molecule has 0 radical (unpaired) electrons. The van der Waals surface area contributed by atoms with Crippen molar-refractivity contribution in [3.05, 3.63) is 0 Å². The van der Waals surface area contributed by atoms with Crippen molar-refractivity contribution in [2.24, 2.45) is 11.8 Å². The maximum absolute atomic E-state index is 12.1. The third-order valence-corrected chi connectivity index (χ3v) is 4.25. The molecule has 8 heteroatoms. The van der Waals surface area contributed by atoms with Crippen molar-refractivity contribution in [1.82, 2.24) is 10.6 Å². The van der Waals surface area contributed by atoms with Gasteiger partial charge in [0, 0.05) is 5.92 Å². The summed E-state index contributed by atoms with van der Waals surface area (Å²) in [6.07, 6.45) is 1.28. The summed E-state index contributed by atoms with van der Waals surface area (Å²) in [5, 5.41) is 25.1. The van der Waals surface area contributed by atoms with E-state index in [-0.39, 0.29) is 11.8 Å². The first-order valence-electron chi connectivity index (χ1n) is 7.94. The zero-order chi connectivity index (χ0) is 18.2. The first-order chi connectivity index (χ1) is 10.7. The largest absolute Gasteiger partial charge is 0.548 e. The molecule has 6 N–H and O–H groups in total. The van der Waals surface area contributed by atoms with Gasteiger partial charge in [-0.1, -0.05) is 34.1 Å². The number of aliphatic carboxylic acids is 1. The van der Waals surface area contributed by atoms with Crippen LogP contribution in [0.1, 0.15) is 40.5 Å². The predicted octanol–water partition coefficient (Wildman–Crippen LogP) is -2.60. The SMILES string of the molecule is CCC(C)C([NH3+])C(=O)NC(CO)C(=O)NC(C(=O)[O-])C(C)CC. The van der Waals surface area contributed by atoms with Gasteiger partial charge in [0.05, 0.1) is 18.6 Å². The number of hydrogen-bond donors (Lipinski definition) is 4. The van der Waals surface area contributed by atoms with Gasteiger partial charge in [0.1, 0.15) is 6.04 Å². The lowest BCUT2D eigenvalue weighted by molar-refractivity contribution is -0.415. The molecule has 0 heterocycles. The van der Waals surface area contributed by atoms with Gasteiger partial charge < -0.3 is 31.4 Å². The molecule has 0 aromatic rings. The van der Waals surface area contributed by atoms with E-state index in [2.05, 4.69) is 16.4 Å². The molecule has 0 aromatic heterocycles. The average molecular weight is 331 g/mol. The molecule has 134 valence electrons. The second kappa shape index (κ2) is 10.2. The van der Waals surface area contributed by atoms with E-state index < -0.39 is 42.5 Å². The van der Waals surface area contributed by atoms with Crippen LogP contribution in [0.4, 0.5) is 0 Å².